The van der Waals surface area contributed by atoms with Crippen LogP contribution in [0.4, 0.5) is 5.82 Å². The summed E-state index contributed by atoms with van der Waals surface area (Å²) in [4.78, 5) is 10.2. The van der Waals surface area contributed by atoms with Gasteiger partial charge in [0.2, 0.25) is 0 Å². The third kappa shape index (κ3) is 2.44. The smallest absolute Gasteiger partial charge is 0.151 e. The van der Waals surface area contributed by atoms with E-state index in [9.17, 15) is 5.11 Å². The van der Waals surface area contributed by atoms with Crippen molar-refractivity contribution >= 4 is 17.4 Å². The highest BCUT2D eigenvalue weighted by atomic mass is 35.5. The highest BCUT2D eigenvalue weighted by Crippen LogP contribution is 2.27. The molecule has 2 heterocycles. The van der Waals surface area contributed by atoms with Crippen molar-refractivity contribution in [1.29, 1.82) is 0 Å². The lowest BCUT2D eigenvalue weighted by Gasteiger charge is -2.30. The molecule has 1 saturated heterocycles. The average Bonchev–Trinajstić information content (AvgIpc) is 2.54. The number of hydrogen-bond donors (Lipinski definition) is 1. The molecular weight excluding hydrogens is 226 g/mol. The van der Waals surface area contributed by atoms with E-state index in [1.165, 1.54) is 12.7 Å². The molecule has 1 fully saturated rings. The number of halogens is 1. The molecule has 0 spiro atoms. The lowest BCUT2D eigenvalue weighted by molar-refractivity contribution is 0.254. The van der Waals surface area contributed by atoms with Crippen molar-refractivity contribution in [2.24, 2.45) is 0 Å². The summed E-state index contributed by atoms with van der Waals surface area (Å²) in [6, 6.07) is 0.134. The number of hydrogen-bond acceptors (Lipinski definition) is 4. The minimum Gasteiger partial charge on any atom is -0.394 e. The fourth-order valence-electron chi connectivity index (χ4n) is 2.16. The minimum atomic E-state index is 0.134. The summed E-state index contributed by atoms with van der Waals surface area (Å²) in [5.41, 5.74) is 0. The number of aliphatic hydroxyl groups is 1. The fraction of sp³-hybridized carbons (Fsp3) is 0.636. The molecule has 1 N–H and O–H groups in total. The van der Waals surface area contributed by atoms with Crippen LogP contribution < -0.4 is 4.90 Å². The maximum Gasteiger partial charge on any atom is 0.151 e. The van der Waals surface area contributed by atoms with Crippen LogP contribution in [0.5, 0.6) is 0 Å². The van der Waals surface area contributed by atoms with Crippen LogP contribution in [0.1, 0.15) is 25.7 Å². The number of aliphatic hydroxyl groups excluding tert-OH is 1. The molecule has 1 aromatic rings. The molecule has 0 bridgehead atoms. The van der Waals surface area contributed by atoms with Gasteiger partial charge in [0.05, 0.1) is 18.8 Å². The van der Waals surface area contributed by atoms with Crippen molar-refractivity contribution in [1.82, 2.24) is 9.97 Å². The first-order valence-corrected chi connectivity index (χ1v) is 6.03. The van der Waals surface area contributed by atoms with Gasteiger partial charge in [-0.25, -0.2) is 9.97 Å². The molecule has 2 rings (SSSR count). The summed E-state index contributed by atoms with van der Waals surface area (Å²) in [7, 11) is 0. The molecule has 1 aliphatic rings. The summed E-state index contributed by atoms with van der Waals surface area (Å²) < 4.78 is 0. The van der Waals surface area contributed by atoms with Crippen LogP contribution in [0.25, 0.3) is 0 Å². The Morgan fingerprint density at radius 2 is 2.31 bits per heavy atom. The lowest BCUT2D eigenvalue weighted by Crippen LogP contribution is -2.38. The highest BCUT2D eigenvalue weighted by molar-refractivity contribution is 6.32. The van der Waals surface area contributed by atoms with E-state index in [0.717, 1.165) is 31.6 Å². The van der Waals surface area contributed by atoms with Gasteiger partial charge in [-0.3, -0.25) is 0 Å². The molecule has 1 aromatic heterocycles. The Balaban J connectivity index is 2.25. The second-order valence-electron chi connectivity index (χ2n) is 4.07. The SMILES string of the molecule is OCC1CCCCCN1c1ncncc1Cl. The molecule has 0 radical (unpaired) electrons. The topological polar surface area (TPSA) is 49.2 Å². The van der Waals surface area contributed by atoms with Gasteiger partial charge in [-0.2, -0.15) is 0 Å². The van der Waals surface area contributed by atoms with Crippen molar-refractivity contribution in [3.63, 3.8) is 0 Å². The standard InChI is InChI=1S/C11H16ClN3O/c12-10-6-13-8-14-11(10)15-5-3-1-2-4-9(15)7-16/h6,8-9,16H,1-5,7H2. The van der Waals surface area contributed by atoms with E-state index >= 15 is 0 Å². The minimum absolute atomic E-state index is 0.134. The zero-order valence-corrected chi connectivity index (χ0v) is 9.90. The number of aromatic nitrogens is 2. The van der Waals surface area contributed by atoms with Crippen LogP contribution in [-0.2, 0) is 0 Å². The van der Waals surface area contributed by atoms with Gasteiger partial charge in [0, 0.05) is 6.54 Å². The quantitative estimate of drug-likeness (QED) is 0.859. The first-order valence-electron chi connectivity index (χ1n) is 5.66. The maximum atomic E-state index is 9.41. The number of anilines is 1. The predicted molar refractivity (Wildman–Crippen MR) is 63.7 cm³/mol. The fourth-order valence-corrected chi connectivity index (χ4v) is 2.38. The molecule has 0 aromatic carbocycles. The number of nitrogens with zero attached hydrogens (tertiary/aromatic N) is 3. The van der Waals surface area contributed by atoms with E-state index in [1.807, 2.05) is 0 Å². The molecule has 5 heteroatoms. The Hall–Kier alpha value is -0.870. The van der Waals surface area contributed by atoms with Crippen molar-refractivity contribution in [3.8, 4) is 0 Å². The zero-order chi connectivity index (χ0) is 11.4. The third-order valence-electron chi connectivity index (χ3n) is 3.01. The summed E-state index contributed by atoms with van der Waals surface area (Å²) in [6.07, 6.45) is 7.58. The summed E-state index contributed by atoms with van der Waals surface area (Å²) >= 11 is 6.08. The first-order chi connectivity index (χ1) is 7.83. The van der Waals surface area contributed by atoms with Crippen molar-refractivity contribution in [3.05, 3.63) is 17.5 Å². The van der Waals surface area contributed by atoms with E-state index in [4.69, 9.17) is 11.6 Å². The van der Waals surface area contributed by atoms with Crippen LogP contribution >= 0.6 is 11.6 Å². The van der Waals surface area contributed by atoms with Crippen LogP contribution in [0.15, 0.2) is 12.5 Å². The second kappa shape index (κ2) is 5.46. The molecule has 0 aliphatic carbocycles. The van der Waals surface area contributed by atoms with Crippen LogP contribution in [-0.4, -0.2) is 34.3 Å². The molecule has 16 heavy (non-hydrogen) atoms. The molecule has 88 valence electrons. The van der Waals surface area contributed by atoms with Gasteiger partial charge in [0.1, 0.15) is 11.3 Å². The maximum absolute atomic E-state index is 9.41. The molecule has 1 aliphatic heterocycles. The summed E-state index contributed by atoms with van der Waals surface area (Å²) in [5, 5.41) is 9.97. The van der Waals surface area contributed by atoms with Crippen molar-refractivity contribution < 1.29 is 5.11 Å². The van der Waals surface area contributed by atoms with Gasteiger partial charge in [0.25, 0.3) is 0 Å². The highest BCUT2D eigenvalue weighted by Gasteiger charge is 2.23. The molecule has 0 saturated carbocycles. The molecular formula is C11H16ClN3O. The van der Waals surface area contributed by atoms with E-state index in [-0.39, 0.29) is 12.6 Å². The van der Waals surface area contributed by atoms with E-state index in [1.54, 1.807) is 6.20 Å². The average molecular weight is 242 g/mol. The van der Waals surface area contributed by atoms with E-state index in [2.05, 4.69) is 14.9 Å². The Morgan fingerprint density at radius 1 is 1.44 bits per heavy atom. The Kier molecular flexibility index (Phi) is 3.96. The van der Waals surface area contributed by atoms with Crippen LogP contribution in [0.2, 0.25) is 5.02 Å². The number of rotatable bonds is 2. The normalized spacial score (nSPS) is 21.9. The van der Waals surface area contributed by atoms with Crippen molar-refractivity contribution in [2.75, 3.05) is 18.1 Å². The van der Waals surface area contributed by atoms with Gasteiger partial charge in [-0.15, -0.1) is 0 Å². The van der Waals surface area contributed by atoms with E-state index < -0.39 is 0 Å². The molecule has 1 unspecified atom stereocenters. The van der Waals surface area contributed by atoms with Gasteiger partial charge >= 0.3 is 0 Å². The summed E-state index contributed by atoms with van der Waals surface area (Å²) in [5.74, 6) is 0.748. The predicted octanol–water partition coefficient (Wildman–Crippen LogP) is 1.87. The molecule has 4 nitrogen and oxygen atoms in total. The van der Waals surface area contributed by atoms with Gasteiger partial charge < -0.3 is 10.0 Å². The zero-order valence-electron chi connectivity index (χ0n) is 9.14. The largest absolute Gasteiger partial charge is 0.394 e. The Morgan fingerprint density at radius 3 is 3.06 bits per heavy atom. The third-order valence-corrected chi connectivity index (χ3v) is 3.27. The van der Waals surface area contributed by atoms with Gasteiger partial charge in [-0.05, 0) is 12.8 Å². The molecule has 0 amide bonds. The van der Waals surface area contributed by atoms with Crippen molar-refractivity contribution in [2.45, 2.75) is 31.7 Å². The second-order valence-corrected chi connectivity index (χ2v) is 4.48. The van der Waals surface area contributed by atoms with Crippen LogP contribution in [0.3, 0.4) is 0 Å². The monoisotopic (exact) mass is 241 g/mol. The van der Waals surface area contributed by atoms with Gasteiger partial charge in [0.15, 0.2) is 5.82 Å². The molecule has 1 atom stereocenters. The summed E-state index contributed by atoms with van der Waals surface area (Å²) in [6.45, 7) is 1.06. The van der Waals surface area contributed by atoms with Gasteiger partial charge in [-0.1, -0.05) is 24.4 Å². The van der Waals surface area contributed by atoms with Crippen LogP contribution in [0, 0.1) is 0 Å². The first kappa shape index (κ1) is 11.6. The van der Waals surface area contributed by atoms with E-state index in [0.29, 0.717) is 5.02 Å². The Labute approximate surface area is 100 Å². The Bertz CT molecular complexity index is 348. The lowest BCUT2D eigenvalue weighted by atomic mass is 10.1.